The molecule has 1 aromatic heterocycles. The first-order chi connectivity index (χ1) is 9.18. The third kappa shape index (κ3) is 3.11. The first kappa shape index (κ1) is 15.2. The minimum atomic E-state index is -4.66. The van der Waals surface area contributed by atoms with Crippen molar-refractivity contribution in [3.05, 3.63) is 55.4 Å². The van der Waals surface area contributed by atoms with Crippen molar-refractivity contribution in [3.63, 3.8) is 0 Å². The van der Waals surface area contributed by atoms with E-state index in [1.807, 2.05) is 0 Å². The lowest BCUT2D eigenvalue weighted by atomic mass is 10.1. The van der Waals surface area contributed by atoms with Gasteiger partial charge in [0.05, 0.1) is 15.1 Å². The highest BCUT2D eigenvalue weighted by Gasteiger charge is 2.32. The van der Waals surface area contributed by atoms with Crippen LogP contribution in [0, 0.1) is 0 Å². The Bertz CT molecular complexity index is 702. The molecule has 0 bridgehead atoms. The van der Waals surface area contributed by atoms with Gasteiger partial charge in [0.15, 0.2) is 0 Å². The molecule has 0 unspecified atom stereocenters. The highest BCUT2D eigenvalue weighted by Crippen LogP contribution is 2.36. The molecule has 0 atom stereocenters. The van der Waals surface area contributed by atoms with Crippen LogP contribution in [0.4, 0.5) is 13.2 Å². The summed E-state index contributed by atoms with van der Waals surface area (Å²) in [7, 11) is 0. The number of rotatable bonds is 1. The SMILES string of the molecule is O=c1cc(-c2cc(Cl)c(Cl)c(Cl)c2)cc(C(F)(F)F)[nH]1. The molecule has 2 aromatic rings. The zero-order valence-corrected chi connectivity index (χ0v) is 11.8. The summed E-state index contributed by atoms with van der Waals surface area (Å²) in [5.41, 5.74) is -1.72. The van der Waals surface area contributed by atoms with E-state index >= 15 is 0 Å². The molecule has 0 amide bonds. The van der Waals surface area contributed by atoms with Crippen LogP contribution in [0.2, 0.25) is 15.1 Å². The van der Waals surface area contributed by atoms with Gasteiger partial charge in [-0.15, -0.1) is 0 Å². The Hall–Kier alpha value is -1.17. The predicted molar refractivity (Wildman–Crippen MR) is 72.5 cm³/mol. The van der Waals surface area contributed by atoms with E-state index in [4.69, 9.17) is 34.8 Å². The number of pyridine rings is 1. The highest BCUT2D eigenvalue weighted by molar-refractivity contribution is 6.48. The van der Waals surface area contributed by atoms with E-state index in [2.05, 4.69) is 0 Å². The summed E-state index contributed by atoms with van der Waals surface area (Å²) in [6, 6.07) is 4.50. The molecule has 2 rings (SSSR count). The minimum Gasteiger partial charge on any atom is -0.318 e. The van der Waals surface area contributed by atoms with Crippen LogP contribution in [0.5, 0.6) is 0 Å². The summed E-state index contributed by atoms with van der Waals surface area (Å²) in [4.78, 5) is 13.0. The van der Waals surface area contributed by atoms with Crippen molar-refractivity contribution in [3.8, 4) is 11.1 Å². The van der Waals surface area contributed by atoms with Gasteiger partial charge in [0.2, 0.25) is 5.56 Å². The number of alkyl halides is 3. The number of hydrogen-bond donors (Lipinski definition) is 1. The van der Waals surface area contributed by atoms with E-state index in [-0.39, 0.29) is 26.2 Å². The Labute approximate surface area is 126 Å². The molecular weight excluding hydrogens is 337 g/mol. The standard InChI is InChI=1S/C12H5Cl3F3NO/c13-7-1-5(2-8(14)11(7)15)6-3-9(12(16,17)18)19-10(20)4-6/h1-4H,(H,19,20). The molecule has 0 saturated carbocycles. The van der Waals surface area contributed by atoms with Crippen LogP contribution in [0.3, 0.4) is 0 Å². The molecule has 0 aliphatic rings. The molecular formula is C12H5Cl3F3NO. The van der Waals surface area contributed by atoms with Gasteiger partial charge >= 0.3 is 6.18 Å². The molecule has 1 N–H and O–H groups in total. The summed E-state index contributed by atoms with van der Waals surface area (Å²) >= 11 is 17.4. The molecule has 0 aliphatic carbocycles. The number of benzene rings is 1. The van der Waals surface area contributed by atoms with Gasteiger partial charge in [-0.05, 0) is 29.3 Å². The second kappa shape index (κ2) is 5.31. The smallest absolute Gasteiger partial charge is 0.318 e. The van der Waals surface area contributed by atoms with E-state index in [9.17, 15) is 18.0 Å². The Morgan fingerprint density at radius 3 is 1.90 bits per heavy atom. The summed E-state index contributed by atoms with van der Waals surface area (Å²) < 4.78 is 37.9. The Morgan fingerprint density at radius 1 is 0.900 bits per heavy atom. The van der Waals surface area contributed by atoms with Gasteiger partial charge in [0.1, 0.15) is 5.69 Å². The van der Waals surface area contributed by atoms with E-state index in [0.29, 0.717) is 0 Å². The minimum absolute atomic E-state index is 0.0431. The third-order valence-electron chi connectivity index (χ3n) is 2.47. The quantitative estimate of drug-likeness (QED) is 0.725. The number of H-pyrrole nitrogens is 1. The van der Waals surface area contributed by atoms with Crippen molar-refractivity contribution in [2.45, 2.75) is 6.18 Å². The normalized spacial score (nSPS) is 11.7. The first-order valence-corrected chi connectivity index (χ1v) is 6.28. The molecule has 0 fully saturated rings. The average Bonchev–Trinajstić information content (AvgIpc) is 2.33. The van der Waals surface area contributed by atoms with Crippen molar-refractivity contribution in [2.24, 2.45) is 0 Å². The van der Waals surface area contributed by atoms with Crippen molar-refractivity contribution in [1.82, 2.24) is 4.98 Å². The van der Waals surface area contributed by atoms with Crippen molar-refractivity contribution >= 4 is 34.8 Å². The lowest BCUT2D eigenvalue weighted by Crippen LogP contribution is -2.15. The van der Waals surface area contributed by atoms with Crippen molar-refractivity contribution < 1.29 is 13.2 Å². The highest BCUT2D eigenvalue weighted by atomic mass is 35.5. The van der Waals surface area contributed by atoms with Crippen molar-refractivity contribution in [1.29, 1.82) is 0 Å². The van der Waals surface area contributed by atoms with Gasteiger partial charge in [0.25, 0.3) is 0 Å². The van der Waals surface area contributed by atoms with Crippen LogP contribution in [-0.2, 0) is 6.18 Å². The Balaban J connectivity index is 2.65. The second-order valence-electron chi connectivity index (χ2n) is 3.90. The van der Waals surface area contributed by atoms with E-state index in [0.717, 1.165) is 12.1 Å². The van der Waals surface area contributed by atoms with Gasteiger partial charge in [-0.25, -0.2) is 0 Å². The fourth-order valence-corrected chi connectivity index (χ4v) is 2.18. The number of aromatic nitrogens is 1. The maximum Gasteiger partial charge on any atom is 0.431 e. The van der Waals surface area contributed by atoms with Crippen LogP contribution >= 0.6 is 34.8 Å². The lowest BCUT2D eigenvalue weighted by molar-refractivity contribution is -0.141. The largest absolute Gasteiger partial charge is 0.431 e. The van der Waals surface area contributed by atoms with Crippen LogP contribution in [-0.4, -0.2) is 4.98 Å². The molecule has 0 radical (unpaired) electrons. The molecule has 2 nitrogen and oxygen atoms in total. The van der Waals surface area contributed by atoms with Crippen LogP contribution < -0.4 is 5.56 Å². The lowest BCUT2D eigenvalue weighted by Gasteiger charge is -2.09. The fourth-order valence-electron chi connectivity index (χ4n) is 1.58. The fraction of sp³-hybridized carbons (Fsp3) is 0.0833. The molecule has 106 valence electrons. The van der Waals surface area contributed by atoms with Gasteiger partial charge < -0.3 is 4.98 Å². The van der Waals surface area contributed by atoms with Crippen molar-refractivity contribution in [2.75, 3.05) is 0 Å². The van der Waals surface area contributed by atoms with E-state index in [1.54, 1.807) is 4.98 Å². The van der Waals surface area contributed by atoms with Crippen LogP contribution in [0.25, 0.3) is 11.1 Å². The Kier molecular flexibility index (Phi) is 4.04. The van der Waals surface area contributed by atoms with Gasteiger partial charge in [-0.1, -0.05) is 34.8 Å². The monoisotopic (exact) mass is 341 g/mol. The molecule has 8 heteroatoms. The molecule has 1 heterocycles. The number of nitrogens with one attached hydrogen (secondary N) is 1. The third-order valence-corrected chi connectivity index (χ3v) is 3.66. The zero-order chi connectivity index (χ0) is 15.1. The number of halogens is 6. The van der Waals surface area contributed by atoms with Gasteiger partial charge in [-0.3, -0.25) is 4.79 Å². The molecule has 0 saturated heterocycles. The summed E-state index contributed by atoms with van der Waals surface area (Å²) in [5, 5.41) is 0.268. The van der Waals surface area contributed by atoms with E-state index < -0.39 is 17.4 Å². The molecule has 1 aromatic carbocycles. The Morgan fingerprint density at radius 2 is 1.40 bits per heavy atom. The topological polar surface area (TPSA) is 32.9 Å². The summed E-state index contributed by atoms with van der Waals surface area (Å²) in [6.07, 6.45) is -4.66. The molecule has 0 spiro atoms. The molecule has 0 aliphatic heterocycles. The van der Waals surface area contributed by atoms with Gasteiger partial charge in [-0.2, -0.15) is 13.2 Å². The zero-order valence-electron chi connectivity index (χ0n) is 9.49. The number of hydrogen-bond acceptors (Lipinski definition) is 1. The maximum atomic E-state index is 12.6. The van der Waals surface area contributed by atoms with Crippen LogP contribution in [0.1, 0.15) is 5.69 Å². The summed E-state index contributed by atoms with van der Waals surface area (Å²) in [6.45, 7) is 0. The van der Waals surface area contributed by atoms with Crippen LogP contribution in [0.15, 0.2) is 29.1 Å². The molecule has 20 heavy (non-hydrogen) atoms. The average molecular weight is 343 g/mol. The summed E-state index contributed by atoms with van der Waals surface area (Å²) in [5.74, 6) is 0. The first-order valence-electron chi connectivity index (χ1n) is 5.15. The second-order valence-corrected chi connectivity index (χ2v) is 5.09. The van der Waals surface area contributed by atoms with E-state index in [1.165, 1.54) is 12.1 Å². The number of aromatic amines is 1. The predicted octanol–water partition coefficient (Wildman–Crippen LogP) is 5.02. The van der Waals surface area contributed by atoms with Gasteiger partial charge in [0, 0.05) is 6.07 Å². The maximum absolute atomic E-state index is 12.6.